The highest BCUT2D eigenvalue weighted by molar-refractivity contribution is 7.10. The molecule has 0 bridgehead atoms. The summed E-state index contributed by atoms with van der Waals surface area (Å²) in [4.78, 5) is 23.3. The third-order valence-corrected chi connectivity index (χ3v) is 5.23. The van der Waals surface area contributed by atoms with Gasteiger partial charge in [-0.3, -0.25) is 10.1 Å². The highest BCUT2D eigenvalue weighted by atomic mass is 32.1. The minimum atomic E-state index is -0.759. The smallest absolute Gasteiger partial charge is 0.320 e. The number of hydrogen-bond acceptors (Lipinski definition) is 5. The number of urea groups is 1. The first-order valence-corrected chi connectivity index (χ1v) is 7.67. The maximum absolute atomic E-state index is 12.0. The van der Waals surface area contributed by atoms with Gasteiger partial charge in [-0.05, 0) is 24.2 Å². The largest absolute Gasteiger partial charge is 0.481 e. The number of nitrogens with zero attached hydrogens (tertiary/aromatic N) is 2. The summed E-state index contributed by atoms with van der Waals surface area (Å²) in [5.74, 6) is -1.07. The topological polar surface area (TPSA) is 104 Å². The lowest BCUT2D eigenvalue weighted by molar-refractivity contribution is -0.150. The van der Waals surface area contributed by atoms with Gasteiger partial charge in [-0.1, -0.05) is 25.3 Å². The molecule has 0 saturated heterocycles. The second-order valence-corrected chi connectivity index (χ2v) is 6.85. The first-order chi connectivity index (χ1) is 9.82. The fraction of sp³-hybridized carbons (Fsp3) is 0.692. The van der Waals surface area contributed by atoms with E-state index >= 15 is 0 Å². The Kier molecular flexibility index (Phi) is 4.46. The average molecular weight is 312 g/mol. The van der Waals surface area contributed by atoms with Gasteiger partial charge in [0.15, 0.2) is 0 Å². The minimum Gasteiger partial charge on any atom is -0.481 e. The lowest BCUT2D eigenvalue weighted by atomic mass is 9.61. The van der Waals surface area contributed by atoms with Crippen molar-refractivity contribution in [2.45, 2.75) is 39.7 Å². The molecule has 1 fully saturated rings. The summed E-state index contributed by atoms with van der Waals surface area (Å²) in [6.07, 6.45) is 2.72. The molecule has 3 atom stereocenters. The Morgan fingerprint density at radius 2 is 2.14 bits per heavy atom. The lowest BCUT2D eigenvalue weighted by Crippen LogP contribution is -2.53. The van der Waals surface area contributed by atoms with E-state index in [0.29, 0.717) is 17.8 Å². The van der Waals surface area contributed by atoms with Crippen molar-refractivity contribution in [1.82, 2.24) is 14.9 Å². The second kappa shape index (κ2) is 5.97. The molecule has 1 aromatic heterocycles. The maximum Gasteiger partial charge on any atom is 0.320 e. The highest BCUT2D eigenvalue weighted by Crippen LogP contribution is 2.45. The maximum atomic E-state index is 12.0. The van der Waals surface area contributed by atoms with E-state index < -0.39 is 5.97 Å². The van der Waals surface area contributed by atoms with E-state index in [9.17, 15) is 14.7 Å². The molecule has 1 aromatic rings. The summed E-state index contributed by atoms with van der Waals surface area (Å²) in [6.45, 7) is 5.90. The SMILES string of the molecule is CC1C(NC(=O)Nc2cnns2)CCC(C(=O)O)C1(C)C. The van der Waals surface area contributed by atoms with E-state index in [4.69, 9.17) is 0 Å². The highest BCUT2D eigenvalue weighted by Gasteiger charge is 2.46. The first-order valence-electron chi connectivity index (χ1n) is 6.90. The number of carboxylic acids is 1. The Morgan fingerprint density at radius 3 is 2.71 bits per heavy atom. The molecule has 2 rings (SSSR count). The third kappa shape index (κ3) is 3.31. The molecule has 1 aliphatic rings. The van der Waals surface area contributed by atoms with E-state index in [2.05, 4.69) is 20.2 Å². The van der Waals surface area contributed by atoms with Gasteiger partial charge in [0.1, 0.15) is 5.00 Å². The molecule has 3 N–H and O–H groups in total. The Hall–Kier alpha value is -1.70. The molecule has 3 unspecified atom stereocenters. The van der Waals surface area contributed by atoms with Crippen molar-refractivity contribution in [3.8, 4) is 0 Å². The number of amides is 2. The summed E-state index contributed by atoms with van der Waals surface area (Å²) < 4.78 is 3.67. The standard InChI is InChI=1S/C13H20N4O3S/c1-7-9(5-4-8(11(18)19)13(7,2)3)15-12(20)16-10-6-14-17-21-10/h6-9H,4-5H2,1-3H3,(H,18,19)(H2,15,16,20). The van der Waals surface area contributed by atoms with Crippen LogP contribution in [0.2, 0.25) is 0 Å². The number of carbonyl (C=O) groups is 2. The number of carboxylic acid groups (broad SMARTS) is 1. The minimum absolute atomic E-state index is 0.0449. The van der Waals surface area contributed by atoms with Crippen molar-refractivity contribution in [1.29, 1.82) is 0 Å². The summed E-state index contributed by atoms with van der Waals surface area (Å²) >= 11 is 1.11. The Bertz CT molecular complexity index is 517. The van der Waals surface area contributed by atoms with Gasteiger partial charge in [0.05, 0.1) is 12.1 Å². The lowest BCUT2D eigenvalue weighted by Gasteiger charge is -2.46. The van der Waals surface area contributed by atoms with Gasteiger partial charge in [0.25, 0.3) is 0 Å². The van der Waals surface area contributed by atoms with Crippen molar-refractivity contribution >= 4 is 28.5 Å². The predicted molar refractivity (Wildman–Crippen MR) is 79.2 cm³/mol. The van der Waals surface area contributed by atoms with Crippen molar-refractivity contribution in [2.24, 2.45) is 17.3 Å². The van der Waals surface area contributed by atoms with Crippen molar-refractivity contribution in [3.63, 3.8) is 0 Å². The molecule has 8 heteroatoms. The fourth-order valence-corrected chi connectivity index (χ4v) is 3.40. The van der Waals surface area contributed by atoms with E-state index in [1.54, 1.807) is 0 Å². The zero-order valence-electron chi connectivity index (χ0n) is 12.3. The van der Waals surface area contributed by atoms with Gasteiger partial charge in [-0.2, -0.15) is 0 Å². The monoisotopic (exact) mass is 312 g/mol. The zero-order valence-corrected chi connectivity index (χ0v) is 13.1. The molecule has 0 spiro atoms. The zero-order chi connectivity index (χ0) is 15.6. The molecule has 1 aliphatic carbocycles. The van der Waals surface area contributed by atoms with Crippen LogP contribution in [0.5, 0.6) is 0 Å². The molecule has 116 valence electrons. The summed E-state index contributed by atoms with van der Waals surface area (Å²) in [5.41, 5.74) is -0.367. The Morgan fingerprint density at radius 1 is 1.43 bits per heavy atom. The second-order valence-electron chi connectivity index (χ2n) is 6.06. The molecular formula is C13H20N4O3S. The van der Waals surface area contributed by atoms with Gasteiger partial charge < -0.3 is 10.4 Å². The number of carbonyl (C=O) groups excluding carboxylic acids is 1. The van der Waals surface area contributed by atoms with Crippen LogP contribution in [-0.4, -0.2) is 32.7 Å². The molecule has 1 saturated carbocycles. The van der Waals surface area contributed by atoms with E-state index in [-0.39, 0.29) is 29.3 Å². The predicted octanol–water partition coefficient (Wildman–Crippen LogP) is 2.19. The summed E-state index contributed by atoms with van der Waals surface area (Å²) in [5, 5.41) is 19.2. The fourth-order valence-electron chi connectivity index (χ4n) is 2.98. The molecule has 1 heterocycles. The molecule has 21 heavy (non-hydrogen) atoms. The molecule has 0 aromatic carbocycles. The number of anilines is 1. The van der Waals surface area contributed by atoms with Crippen molar-refractivity contribution < 1.29 is 14.7 Å². The molecule has 2 amide bonds. The third-order valence-electron chi connectivity index (χ3n) is 4.65. The number of rotatable bonds is 3. The van der Waals surface area contributed by atoms with Gasteiger partial charge in [0.2, 0.25) is 0 Å². The van der Waals surface area contributed by atoms with Crippen molar-refractivity contribution in [2.75, 3.05) is 5.32 Å². The van der Waals surface area contributed by atoms with Crippen LogP contribution in [0.4, 0.5) is 9.80 Å². The molecular weight excluding hydrogens is 292 g/mol. The van der Waals surface area contributed by atoms with Crippen LogP contribution in [-0.2, 0) is 4.79 Å². The Labute approximate surface area is 127 Å². The van der Waals surface area contributed by atoms with Gasteiger partial charge in [0, 0.05) is 17.6 Å². The first kappa shape index (κ1) is 15.7. The van der Waals surface area contributed by atoms with Gasteiger partial charge in [-0.25, -0.2) is 4.79 Å². The van der Waals surface area contributed by atoms with E-state index in [1.807, 2.05) is 20.8 Å². The number of aromatic nitrogens is 2. The van der Waals surface area contributed by atoms with Crippen LogP contribution < -0.4 is 10.6 Å². The number of nitrogens with one attached hydrogen (secondary N) is 2. The van der Waals surface area contributed by atoms with Crippen LogP contribution in [0.3, 0.4) is 0 Å². The summed E-state index contributed by atoms with van der Waals surface area (Å²) in [6, 6.07) is -0.348. The van der Waals surface area contributed by atoms with Crippen LogP contribution in [0.1, 0.15) is 33.6 Å². The Balaban J connectivity index is 1.98. The number of hydrogen-bond donors (Lipinski definition) is 3. The molecule has 0 radical (unpaired) electrons. The normalized spacial score (nSPS) is 27.9. The van der Waals surface area contributed by atoms with Crippen LogP contribution in [0.25, 0.3) is 0 Å². The van der Waals surface area contributed by atoms with Gasteiger partial charge >= 0.3 is 12.0 Å². The molecule has 7 nitrogen and oxygen atoms in total. The van der Waals surface area contributed by atoms with Crippen LogP contribution in [0, 0.1) is 17.3 Å². The van der Waals surface area contributed by atoms with Crippen molar-refractivity contribution in [3.05, 3.63) is 6.20 Å². The number of aliphatic carboxylic acids is 1. The van der Waals surface area contributed by atoms with Crippen LogP contribution in [0.15, 0.2) is 6.20 Å². The average Bonchev–Trinajstić information content (AvgIpc) is 2.87. The van der Waals surface area contributed by atoms with E-state index in [1.165, 1.54) is 6.20 Å². The quantitative estimate of drug-likeness (QED) is 0.793. The van der Waals surface area contributed by atoms with Gasteiger partial charge in [-0.15, -0.1) is 5.10 Å². The van der Waals surface area contributed by atoms with E-state index in [0.717, 1.165) is 11.5 Å². The summed E-state index contributed by atoms with van der Waals surface area (Å²) in [7, 11) is 0. The molecule has 0 aliphatic heterocycles. The van der Waals surface area contributed by atoms with Crippen LogP contribution >= 0.6 is 11.5 Å².